The van der Waals surface area contributed by atoms with Gasteiger partial charge in [-0.05, 0) is 18.4 Å². The third-order valence-electron chi connectivity index (χ3n) is 3.71. The molecule has 1 aromatic carbocycles. The molecule has 106 valence electrons. The predicted octanol–water partition coefficient (Wildman–Crippen LogP) is 1.61. The van der Waals surface area contributed by atoms with Gasteiger partial charge in [0.25, 0.3) is 0 Å². The van der Waals surface area contributed by atoms with Crippen LogP contribution in [0.3, 0.4) is 0 Å². The van der Waals surface area contributed by atoms with E-state index in [0.717, 1.165) is 18.4 Å². The van der Waals surface area contributed by atoms with Crippen LogP contribution in [0.15, 0.2) is 30.3 Å². The Kier molecular flexibility index (Phi) is 4.28. The number of aliphatic hydroxyl groups excluding tert-OH is 1. The van der Waals surface area contributed by atoms with Crippen molar-refractivity contribution in [1.29, 1.82) is 0 Å². The third-order valence-corrected chi connectivity index (χ3v) is 5.51. The molecule has 0 aliphatic carbocycles. The van der Waals surface area contributed by atoms with Crippen LogP contribution in [0.25, 0.3) is 0 Å². The fourth-order valence-electron chi connectivity index (χ4n) is 2.51. The molecule has 5 heteroatoms. The minimum Gasteiger partial charge on any atom is -0.396 e. The van der Waals surface area contributed by atoms with Gasteiger partial charge in [0.1, 0.15) is 0 Å². The van der Waals surface area contributed by atoms with Crippen LogP contribution in [-0.2, 0) is 15.8 Å². The second-order valence-electron chi connectivity index (χ2n) is 5.65. The summed E-state index contributed by atoms with van der Waals surface area (Å²) in [6, 6.07) is 9.22. The van der Waals surface area contributed by atoms with Crippen molar-refractivity contribution in [2.45, 2.75) is 25.5 Å². The molecule has 1 saturated heterocycles. The van der Waals surface area contributed by atoms with E-state index in [2.05, 4.69) is 0 Å². The van der Waals surface area contributed by atoms with Crippen molar-refractivity contribution in [1.82, 2.24) is 4.31 Å². The maximum atomic E-state index is 12.4. The molecule has 0 bridgehead atoms. The van der Waals surface area contributed by atoms with E-state index >= 15 is 0 Å². The minimum atomic E-state index is -3.30. The van der Waals surface area contributed by atoms with Crippen molar-refractivity contribution < 1.29 is 13.5 Å². The summed E-state index contributed by atoms with van der Waals surface area (Å²) in [6.07, 6.45) is 1.69. The number of aliphatic hydroxyl groups is 1. The molecular formula is C14H21NO3S. The first-order valence-electron chi connectivity index (χ1n) is 6.58. The highest BCUT2D eigenvalue weighted by Crippen LogP contribution is 2.30. The Labute approximate surface area is 115 Å². The molecule has 4 nitrogen and oxygen atoms in total. The zero-order valence-electron chi connectivity index (χ0n) is 11.2. The first-order valence-corrected chi connectivity index (χ1v) is 8.19. The second-order valence-corrected chi connectivity index (χ2v) is 7.62. The summed E-state index contributed by atoms with van der Waals surface area (Å²) in [6.45, 7) is 2.95. The van der Waals surface area contributed by atoms with E-state index in [1.54, 1.807) is 0 Å². The number of sulfonamides is 1. The lowest BCUT2D eigenvalue weighted by Gasteiger charge is -2.38. The molecule has 1 aliphatic rings. The van der Waals surface area contributed by atoms with Crippen LogP contribution in [0, 0.1) is 5.41 Å². The van der Waals surface area contributed by atoms with Gasteiger partial charge >= 0.3 is 0 Å². The standard InChI is InChI=1S/C14H21NO3S/c1-14(12-16)8-5-9-15(11-14)19(17,18)10-13-6-3-2-4-7-13/h2-4,6-7,16H,5,8-12H2,1H3. The van der Waals surface area contributed by atoms with Gasteiger partial charge in [-0.25, -0.2) is 12.7 Å². The van der Waals surface area contributed by atoms with Gasteiger partial charge in [-0.15, -0.1) is 0 Å². The first kappa shape index (κ1) is 14.5. The summed E-state index contributed by atoms with van der Waals surface area (Å²) in [5, 5.41) is 9.40. The maximum Gasteiger partial charge on any atom is 0.218 e. The highest BCUT2D eigenvalue weighted by molar-refractivity contribution is 7.88. The van der Waals surface area contributed by atoms with Gasteiger partial charge in [-0.3, -0.25) is 0 Å². The number of hydrogen-bond acceptors (Lipinski definition) is 3. The van der Waals surface area contributed by atoms with Gasteiger partial charge in [-0.2, -0.15) is 0 Å². The van der Waals surface area contributed by atoms with E-state index in [0.29, 0.717) is 13.1 Å². The van der Waals surface area contributed by atoms with Crippen LogP contribution in [0.5, 0.6) is 0 Å². The smallest absolute Gasteiger partial charge is 0.218 e. The highest BCUT2D eigenvalue weighted by atomic mass is 32.2. The van der Waals surface area contributed by atoms with E-state index in [-0.39, 0.29) is 17.8 Å². The zero-order chi connectivity index (χ0) is 13.9. The Morgan fingerprint density at radius 1 is 1.32 bits per heavy atom. The van der Waals surface area contributed by atoms with E-state index in [1.807, 2.05) is 37.3 Å². The van der Waals surface area contributed by atoms with Crippen LogP contribution in [0.1, 0.15) is 25.3 Å². The zero-order valence-corrected chi connectivity index (χ0v) is 12.1. The number of nitrogens with zero attached hydrogens (tertiary/aromatic N) is 1. The number of benzene rings is 1. The molecule has 0 radical (unpaired) electrons. The number of rotatable bonds is 4. The average Bonchev–Trinajstić information content (AvgIpc) is 2.39. The molecule has 1 heterocycles. The van der Waals surface area contributed by atoms with Crippen molar-refractivity contribution in [3.8, 4) is 0 Å². The molecule has 0 saturated carbocycles. The molecule has 1 unspecified atom stereocenters. The average molecular weight is 283 g/mol. The highest BCUT2D eigenvalue weighted by Gasteiger charge is 2.35. The Morgan fingerprint density at radius 3 is 2.63 bits per heavy atom. The lowest BCUT2D eigenvalue weighted by Crippen LogP contribution is -2.46. The van der Waals surface area contributed by atoms with Crippen molar-refractivity contribution in [3.63, 3.8) is 0 Å². The summed E-state index contributed by atoms with van der Waals surface area (Å²) < 4.78 is 26.3. The Bertz CT molecular complexity index is 515. The Balaban J connectivity index is 2.12. The molecular weight excluding hydrogens is 262 g/mol. The van der Waals surface area contributed by atoms with Gasteiger partial charge in [0.15, 0.2) is 0 Å². The van der Waals surface area contributed by atoms with Crippen LogP contribution in [0.4, 0.5) is 0 Å². The van der Waals surface area contributed by atoms with Gasteiger partial charge < -0.3 is 5.11 Å². The fourth-order valence-corrected chi connectivity index (χ4v) is 4.22. The van der Waals surface area contributed by atoms with Gasteiger partial charge in [-0.1, -0.05) is 37.3 Å². The molecule has 0 aromatic heterocycles. The first-order chi connectivity index (χ1) is 8.95. The van der Waals surface area contributed by atoms with Crippen molar-refractivity contribution in [2.24, 2.45) is 5.41 Å². The summed E-state index contributed by atoms with van der Waals surface area (Å²) in [7, 11) is -3.30. The Hall–Kier alpha value is -0.910. The van der Waals surface area contributed by atoms with Gasteiger partial charge in [0, 0.05) is 25.1 Å². The molecule has 1 fully saturated rings. The van der Waals surface area contributed by atoms with Crippen LogP contribution in [-0.4, -0.2) is 37.5 Å². The normalized spacial score (nSPS) is 25.4. The number of piperidine rings is 1. The minimum absolute atomic E-state index is 0.0321. The van der Waals surface area contributed by atoms with E-state index in [9.17, 15) is 13.5 Å². The number of hydrogen-bond donors (Lipinski definition) is 1. The molecule has 19 heavy (non-hydrogen) atoms. The predicted molar refractivity (Wildman–Crippen MR) is 75.1 cm³/mol. The summed E-state index contributed by atoms with van der Waals surface area (Å²) in [5.41, 5.74) is 0.501. The maximum absolute atomic E-state index is 12.4. The van der Waals surface area contributed by atoms with Crippen LogP contribution >= 0.6 is 0 Å². The van der Waals surface area contributed by atoms with Crippen molar-refractivity contribution in [3.05, 3.63) is 35.9 Å². The van der Waals surface area contributed by atoms with E-state index < -0.39 is 10.0 Å². The lowest BCUT2D eigenvalue weighted by molar-refractivity contribution is 0.0810. The topological polar surface area (TPSA) is 57.6 Å². The quantitative estimate of drug-likeness (QED) is 0.913. The molecule has 1 aliphatic heterocycles. The van der Waals surface area contributed by atoms with Crippen LogP contribution < -0.4 is 0 Å². The van der Waals surface area contributed by atoms with E-state index in [1.165, 1.54) is 4.31 Å². The summed E-state index contributed by atoms with van der Waals surface area (Å²) in [5.74, 6) is 0.0371. The molecule has 1 aromatic rings. The second kappa shape index (κ2) is 5.61. The largest absolute Gasteiger partial charge is 0.396 e. The molecule has 1 atom stereocenters. The molecule has 1 N–H and O–H groups in total. The monoisotopic (exact) mass is 283 g/mol. The van der Waals surface area contributed by atoms with Gasteiger partial charge in [0.2, 0.25) is 10.0 Å². The fraction of sp³-hybridized carbons (Fsp3) is 0.571. The molecule has 2 rings (SSSR count). The third kappa shape index (κ3) is 3.55. The van der Waals surface area contributed by atoms with Crippen LogP contribution in [0.2, 0.25) is 0 Å². The van der Waals surface area contributed by atoms with Crippen molar-refractivity contribution >= 4 is 10.0 Å². The summed E-state index contributed by atoms with van der Waals surface area (Å²) in [4.78, 5) is 0. The summed E-state index contributed by atoms with van der Waals surface area (Å²) >= 11 is 0. The van der Waals surface area contributed by atoms with Gasteiger partial charge in [0.05, 0.1) is 5.75 Å². The van der Waals surface area contributed by atoms with Crippen molar-refractivity contribution in [2.75, 3.05) is 19.7 Å². The van der Waals surface area contributed by atoms with E-state index in [4.69, 9.17) is 0 Å². The lowest BCUT2D eigenvalue weighted by atomic mass is 9.84. The molecule has 0 amide bonds. The SMILES string of the molecule is CC1(CO)CCCN(S(=O)(=O)Cc2ccccc2)C1. The Morgan fingerprint density at radius 2 is 2.00 bits per heavy atom. The molecule has 0 spiro atoms.